The van der Waals surface area contributed by atoms with Gasteiger partial charge in [0.05, 0.1) is 24.9 Å². The number of halogens is 3. The maximum Gasteiger partial charge on any atom is 0.419 e. The number of rotatable bonds is 5. The molecule has 0 saturated carbocycles. The Labute approximate surface area is 125 Å². The van der Waals surface area contributed by atoms with Gasteiger partial charge in [-0.25, -0.2) is 0 Å². The molecule has 2 atom stereocenters. The van der Waals surface area contributed by atoms with Gasteiger partial charge in [0, 0.05) is 12.0 Å². The summed E-state index contributed by atoms with van der Waals surface area (Å²) in [5.74, 6) is -1.14. The van der Waals surface area contributed by atoms with E-state index in [1.807, 2.05) is 0 Å². The van der Waals surface area contributed by atoms with Crippen LogP contribution in [-0.4, -0.2) is 24.3 Å². The number of carboxylic acid groups (broad SMARTS) is 1. The highest BCUT2D eigenvalue weighted by Crippen LogP contribution is 2.44. The van der Waals surface area contributed by atoms with E-state index in [0.29, 0.717) is 24.8 Å². The number of ether oxygens (including phenoxy) is 2. The Bertz CT molecular complexity index is 542. The summed E-state index contributed by atoms with van der Waals surface area (Å²) in [4.78, 5) is 10.6. The fraction of sp³-hybridized carbons (Fsp3) is 0.533. The van der Waals surface area contributed by atoms with Crippen LogP contribution in [0.3, 0.4) is 0 Å². The van der Waals surface area contributed by atoms with Crippen LogP contribution >= 0.6 is 0 Å². The van der Waals surface area contributed by atoms with Crippen molar-refractivity contribution < 1.29 is 32.5 Å². The number of methoxy groups -OCH3 is 1. The van der Waals surface area contributed by atoms with Gasteiger partial charge in [0.15, 0.2) is 0 Å². The average molecular weight is 318 g/mol. The fourth-order valence-electron chi connectivity index (χ4n) is 2.69. The number of hydrogen-bond donors (Lipinski definition) is 1. The predicted octanol–water partition coefficient (Wildman–Crippen LogP) is 3.80. The number of hydrogen-bond acceptors (Lipinski definition) is 3. The Morgan fingerprint density at radius 2 is 2.14 bits per heavy atom. The molecule has 0 aromatic heterocycles. The van der Waals surface area contributed by atoms with Gasteiger partial charge in [-0.15, -0.1) is 0 Å². The predicted molar refractivity (Wildman–Crippen MR) is 71.7 cm³/mol. The molecule has 0 amide bonds. The van der Waals surface area contributed by atoms with E-state index < -0.39 is 23.8 Å². The van der Waals surface area contributed by atoms with Crippen LogP contribution < -0.4 is 4.74 Å². The van der Waals surface area contributed by atoms with Gasteiger partial charge in [-0.3, -0.25) is 4.79 Å². The Morgan fingerprint density at radius 1 is 1.41 bits per heavy atom. The first-order chi connectivity index (χ1) is 10.3. The second-order valence-corrected chi connectivity index (χ2v) is 5.18. The van der Waals surface area contributed by atoms with Crippen LogP contribution in [-0.2, 0) is 15.7 Å². The van der Waals surface area contributed by atoms with Crippen molar-refractivity contribution >= 4 is 5.97 Å². The van der Waals surface area contributed by atoms with Gasteiger partial charge in [0.25, 0.3) is 0 Å². The molecule has 1 aromatic carbocycles. The highest BCUT2D eigenvalue weighted by molar-refractivity contribution is 5.66. The van der Waals surface area contributed by atoms with Crippen molar-refractivity contribution in [1.29, 1.82) is 0 Å². The second-order valence-electron chi connectivity index (χ2n) is 5.18. The molecule has 1 fully saturated rings. The van der Waals surface area contributed by atoms with E-state index in [1.165, 1.54) is 13.2 Å². The van der Waals surface area contributed by atoms with E-state index in [2.05, 4.69) is 0 Å². The summed E-state index contributed by atoms with van der Waals surface area (Å²) in [6.45, 7) is 0. The summed E-state index contributed by atoms with van der Waals surface area (Å²) < 4.78 is 49.7. The molecule has 0 radical (unpaired) electrons. The minimum Gasteiger partial charge on any atom is -0.496 e. The minimum absolute atomic E-state index is 0.0168. The quantitative estimate of drug-likeness (QED) is 0.897. The molecule has 4 nitrogen and oxygen atoms in total. The molecule has 1 N–H and O–H groups in total. The van der Waals surface area contributed by atoms with Crippen molar-refractivity contribution in [1.82, 2.24) is 0 Å². The maximum absolute atomic E-state index is 13.0. The molecule has 22 heavy (non-hydrogen) atoms. The van der Waals surface area contributed by atoms with Crippen LogP contribution in [0.2, 0.25) is 0 Å². The molecule has 1 saturated heterocycles. The van der Waals surface area contributed by atoms with Crippen LogP contribution in [0.4, 0.5) is 13.2 Å². The molecule has 0 spiro atoms. The Balaban J connectivity index is 2.18. The monoisotopic (exact) mass is 318 g/mol. The Kier molecular flexibility index (Phi) is 4.95. The summed E-state index contributed by atoms with van der Waals surface area (Å²) in [6, 6.07) is 3.85. The third-order valence-electron chi connectivity index (χ3n) is 3.69. The highest BCUT2D eigenvalue weighted by atomic mass is 19.4. The zero-order chi connectivity index (χ0) is 16.3. The van der Waals surface area contributed by atoms with Crippen molar-refractivity contribution in [2.45, 2.75) is 44.1 Å². The van der Waals surface area contributed by atoms with Gasteiger partial charge < -0.3 is 14.6 Å². The summed E-state index contributed by atoms with van der Waals surface area (Å²) in [5, 5.41) is 8.66. The lowest BCUT2D eigenvalue weighted by Crippen LogP contribution is -2.12. The van der Waals surface area contributed by atoms with Gasteiger partial charge in [0.1, 0.15) is 5.75 Å². The van der Waals surface area contributed by atoms with Gasteiger partial charge in [-0.05, 0) is 25.3 Å². The minimum atomic E-state index is -4.50. The van der Waals surface area contributed by atoms with Crippen LogP contribution in [0, 0.1) is 0 Å². The number of benzene rings is 1. The van der Waals surface area contributed by atoms with Crippen LogP contribution in [0.5, 0.6) is 5.75 Å². The molecule has 1 aliphatic heterocycles. The molecule has 1 aliphatic rings. The normalized spacial score (nSPS) is 21.8. The van der Waals surface area contributed by atoms with Gasteiger partial charge in [0.2, 0.25) is 0 Å². The van der Waals surface area contributed by atoms with Gasteiger partial charge >= 0.3 is 12.1 Å². The van der Waals surface area contributed by atoms with E-state index in [9.17, 15) is 18.0 Å². The standard InChI is InChI=1S/C15H17F3O4/c1-21-14-10(3-2-4-11(14)15(16,17)18)12-7-5-9(22-12)6-8-13(19)20/h2-4,9,12H,5-8H2,1H3,(H,19,20). The first kappa shape index (κ1) is 16.6. The SMILES string of the molecule is COc1c(C2CCC(CCC(=O)O)O2)cccc1C(F)(F)F. The lowest BCUT2D eigenvalue weighted by molar-refractivity contribution is -0.139. The smallest absolute Gasteiger partial charge is 0.419 e. The average Bonchev–Trinajstić information content (AvgIpc) is 2.92. The maximum atomic E-state index is 13.0. The van der Waals surface area contributed by atoms with Crippen molar-refractivity contribution in [3.05, 3.63) is 29.3 Å². The summed E-state index contributed by atoms with van der Waals surface area (Å²) in [7, 11) is 1.20. The largest absolute Gasteiger partial charge is 0.496 e. The summed E-state index contributed by atoms with van der Waals surface area (Å²) in [5.41, 5.74) is -0.472. The van der Waals surface area contributed by atoms with Crippen molar-refractivity contribution in [3.8, 4) is 5.75 Å². The zero-order valence-electron chi connectivity index (χ0n) is 12.0. The molecule has 2 rings (SSSR count). The molecule has 122 valence electrons. The van der Waals surface area contributed by atoms with Crippen molar-refractivity contribution in [2.24, 2.45) is 0 Å². The molecular formula is C15H17F3O4. The van der Waals surface area contributed by atoms with Crippen molar-refractivity contribution in [3.63, 3.8) is 0 Å². The van der Waals surface area contributed by atoms with E-state index in [0.717, 1.165) is 6.07 Å². The number of para-hydroxylation sites is 1. The molecule has 0 bridgehead atoms. The van der Waals surface area contributed by atoms with Gasteiger partial charge in [-0.1, -0.05) is 12.1 Å². The number of alkyl halides is 3. The molecule has 1 aromatic rings. The molecule has 2 unspecified atom stereocenters. The number of aliphatic carboxylic acids is 1. The summed E-state index contributed by atoms with van der Waals surface area (Å²) in [6.07, 6.45) is -3.75. The third kappa shape index (κ3) is 3.71. The van der Waals surface area contributed by atoms with E-state index in [-0.39, 0.29) is 18.3 Å². The van der Waals surface area contributed by atoms with Crippen LogP contribution in [0.25, 0.3) is 0 Å². The van der Waals surface area contributed by atoms with Gasteiger partial charge in [-0.2, -0.15) is 13.2 Å². The zero-order valence-corrected chi connectivity index (χ0v) is 12.0. The number of carbonyl (C=O) groups is 1. The lowest BCUT2D eigenvalue weighted by Gasteiger charge is -2.19. The first-order valence-corrected chi connectivity index (χ1v) is 6.94. The Morgan fingerprint density at radius 3 is 2.73 bits per heavy atom. The molecular weight excluding hydrogens is 301 g/mol. The molecule has 1 heterocycles. The lowest BCUT2D eigenvalue weighted by atomic mass is 10.0. The van der Waals surface area contributed by atoms with Crippen molar-refractivity contribution in [2.75, 3.05) is 7.11 Å². The van der Waals surface area contributed by atoms with E-state index in [4.69, 9.17) is 14.6 Å². The summed E-state index contributed by atoms with van der Waals surface area (Å²) >= 11 is 0. The molecule has 7 heteroatoms. The fourth-order valence-corrected chi connectivity index (χ4v) is 2.69. The first-order valence-electron chi connectivity index (χ1n) is 6.94. The third-order valence-corrected chi connectivity index (χ3v) is 3.69. The van der Waals surface area contributed by atoms with E-state index >= 15 is 0 Å². The topological polar surface area (TPSA) is 55.8 Å². The highest BCUT2D eigenvalue weighted by Gasteiger charge is 2.37. The Hall–Kier alpha value is -1.76. The van der Waals surface area contributed by atoms with Crippen LogP contribution in [0.15, 0.2) is 18.2 Å². The second kappa shape index (κ2) is 6.56. The molecule has 0 aliphatic carbocycles. The van der Waals surface area contributed by atoms with E-state index in [1.54, 1.807) is 6.07 Å². The number of carboxylic acids is 1. The van der Waals surface area contributed by atoms with Crippen LogP contribution in [0.1, 0.15) is 42.9 Å².